The highest BCUT2D eigenvalue weighted by atomic mass is 32.1. The normalized spacial score (nSPS) is 13.1. The van der Waals surface area contributed by atoms with Crippen LogP contribution in [0.5, 0.6) is 5.75 Å². The van der Waals surface area contributed by atoms with Gasteiger partial charge in [0, 0.05) is 10.6 Å². The van der Waals surface area contributed by atoms with E-state index in [1.165, 1.54) is 11.3 Å². The number of thiophene rings is 1. The average molecular weight is 449 g/mol. The largest absolute Gasteiger partial charge is 0.497 e. The van der Waals surface area contributed by atoms with E-state index in [9.17, 15) is 9.59 Å². The van der Waals surface area contributed by atoms with E-state index in [4.69, 9.17) is 4.74 Å². The fourth-order valence-electron chi connectivity index (χ4n) is 4.00. The Labute approximate surface area is 192 Å². The molecule has 32 heavy (non-hydrogen) atoms. The highest BCUT2D eigenvalue weighted by Crippen LogP contribution is 2.38. The second-order valence-corrected chi connectivity index (χ2v) is 9.27. The number of ether oxygens (including phenoxy) is 1. The topological polar surface area (TPSA) is 67.4 Å². The molecule has 6 heteroatoms. The van der Waals surface area contributed by atoms with Gasteiger partial charge in [0.05, 0.1) is 19.1 Å². The molecule has 0 aliphatic heterocycles. The number of nitrogens with one attached hydrogen (secondary N) is 2. The molecule has 4 rings (SSSR count). The van der Waals surface area contributed by atoms with Crippen LogP contribution in [0.15, 0.2) is 48.5 Å². The number of carbonyl (C=O) groups excluding carboxylic acids is 2. The molecule has 0 atom stereocenters. The van der Waals surface area contributed by atoms with E-state index in [1.807, 2.05) is 55.5 Å². The number of aryl methyl sites for hydroxylation is 2. The fraction of sp³-hybridized carbons (Fsp3) is 0.308. The molecule has 0 radical (unpaired) electrons. The van der Waals surface area contributed by atoms with Crippen LogP contribution in [0.4, 0.5) is 10.7 Å². The first-order valence-electron chi connectivity index (χ1n) is 11.0. The SMILES string of the molecule is COc1ccc(CC(=O)Nc2sc3c(c2C(=O)Nc2ccc(C)cc2)CCCCC3)cc1. The minimum Gasteiger partial charge on any atom is -0.497 e. The Kier molecular flexibility index (Phi) is 6.90. The number of hydrogen-bond acceptors (Lipinski definition) is 4. The molecule has 0 saturated heterocycles. The van der Waals surface area contributed by atoms with E-state index >= 15 is 0 Å². The zero-order chi connectivity index (χ0) is 22.5. The Bertz CT molecular complexity index is 1100. The Morgan fingerprint density at radius 1 is 0.938 bits per heavy atom. The molecule has 0 saturated carbocycles. The van der Waals surface area contributed by atoms with Crippen molar-refractivity contribution in [1.29, 1.82) is 0 Å². The summed E-state index contributed by atoms with van der Waals surface area (Å²) < 4.78 is 5.18. The Hall–Kier alpha value is -3.12. The molecular formula is C26H28N2O3S. The van der Waals surface area contributed by atoms with Gasteiger partial charge in [-0.05, 0) is 68.0 Å². The standard InChI is InChI=1S/C26H28N2O3S/c1-17-8-12-19(13-9-17)27-25(30)24-21-6-4-3-5-7-22(21)32-26(24)28-23(29)16-18-10-14-20(31-2)15-11-18/h8-15H,3-7,16H2,1-2H3,(H,27,30)(H,28,29). The van der Waals surface area contributed by atoms with Crippen LogP contribution in [-0.4, -0.2) is 18.9 Å². The van der Waals surface area contributed by atoms with Crippen LogP contribution >= 0.6 is 11.3 Å². The molecular weight excluding hydrogens is 420 g/mol. The second kappa shape index (κ2) is 10.0. The van der Waals surface area contributed by atoms with Crippen molar-refractivity contribution < 1.29 is 14.3 Å². The average Bonchev–Trinajstić information content (AvgIpc) is 2.96. The Balaban J connectivity index is 1.57. The zero-order valence-electron chi connectivity index (χ0n) is 18.5. The quantitative estimate of drug-likeness (QED) is 0.471. The molecule has 2 amide bonds. The molecule has 0 fully saturated rings. The molecule has 1 aliphatic rings. The van der Waals surface area contributed by atoms with Crippen molar-refractivity contribution in [2.75, 3.05) is 17.7 Å². The van der Waals surface area contributed by atoms with E-state index in [0.717, 1.165) is 53.8 Å². The van der Waals surface area contributed by atoms with Gasteiger partial charge < -0.3 is 15.4 Å². The van der Waals surface area contributed by atoms with Gasteiger partial charge in [-0.2, -0.15) is 0 Å². The van der Waals surface area contributed by atoms with E-state index in [-0.39, 0.29) is 18.2 Å². The molecule has 1 aliphatic carbocycles. The van der Waals surface area contributed by atoms with Crippen molar-refractivity contribution in [3.05, 3.63) is 75.7 Å². The summed E-state index contributed by atoms with van der Waals surface area (Å²) in [7, 11) is 1.62. The molecule has 0 unspecified atom stereocenters. The minimum absolute atomic E-state index is 0.129. The van der Waals surface area contributed by atoms with Crippen LogP contribution in [0.25, 0.3) is 0 Å². The van der Waals surface area contributed by atoms with E-state index in [1.54, 1.807) is 18.4 Å². The molecule has 5 nitrogen and oxygen atoms in total. The number of carbonyl (C=O) groups is 2. The zero-order valence-corrected chi connectivity index (χ0v) is 19.3. The van der Waals surface area contributed by atoms with Gasteiger partial charge in [-0.25, -0.2) is 0 Å². The first-order chi connectivity index (χ1) is 15.5. The number of amides is 2. The van der Waals surface area contributed by atoms with Gasteiger partial charge in [0.2, 0.25) is 5.91 Å². The number of fused-ring (bicyclic) bond motifs is 1. The lowest BCUT2D eigenvalue weighted by Gasteiger charge is -2.11. The van der Waals surface area contributed by atoms with Crippen LogP contribution in [0, 0.1) is 6.92 Å². The lowest BCUT2D eigenvalue weighted by molar-refractivity contribution is -0.115. The highest BCUT2D eigenvalue weighted by molar-refractivity contribution is 7.17. The minimum atomic E-state index is -0.159. The number of anilines is 2. The third kappa shape index (κ3) is 5.19. The van der Waals surface area contributed by atoms with Crippen LogP contribution in [0.3, 0.4) is 0 Å². The predicted octanol–water partition coefficient (Wildman–Crippen LogP) is 5.77. The predicted molar refractivity (Wildman–Crippen MR) is 130 cm³/mol. The second-order valence-electron chi connectivity index (χ2n) is 8.16. The Morgan fingerprint density at radius 3 is 2.38 bits per heavy atom. The van der Waals surface area contributed by atoms with Crippen molar-refractivity contribution in [2.45, 2.75) is 45.4 Å². The molecule has 2 N–H and O–H groups in total. The van der Waals surface area contributed by atoms with E-state index < -0.39 is 0 Å². The summed E-state index contributed by atoms with van der Waals surface area (Å²) in [5.74, 6) is 0.468. The van der Waals surface area contributed by atoms with Gasteiger partial charge in [-0.3, -0.25) is 9.59 Å². The summed E-state index contributed by atoms with van der Waals surface area (Å²) in [6.07, 6.45) is 5.42. The van der Waals surface area contributed by atoms with Crippen molar-refractivity contribution in [3.8, 4) is 5.75 Å². The maximum Gasteiger partial charge on any atom is 0.258 e. The lowest BCUT2D eigenvalue weighted by atomic mass is 10.0. The van der Waals surface area contributed by atoms with Crippen LogP contribution in [0.2, 0.25) is 0 Å². The van der Waals surface area contributed by atoms with Crippen LogP contribution in [0.1, 0.15) is 51.2 Å². The van der Waals surface area contributed by atoms with Gasteiger partial charge in [0.15, 0.2) is 0 Å². The van der Waals surface area contributed by atoms with E-state index in [0.29, 0.717) is 10.6 Å². The van der Waals surface area contributed by atoms with Gasteiger partial charge in [-0.1, -0.05) is 36.2 Å². The van der Waals surface area contributed by atoms with Crippen molar-refractivity contribution in [1.82, 2.24) is 0 Å². The third-order valence-corrected chi connectivity index (χ3v) is 6.94. The number of hydrogen-bond donors (Lipinski definition) is 2. The monoisotopic (exact) mass is 448 g/mol. The van der Waals surface area contributed by atoms with Crippen LogP contribution in [-0.2, 0) is 24.1 Å². The van der Waals surface area contributed by atoms with Crippen LogP contribution < -0.4 is 15.4 Å². The molecule has 2 aromatic carbocycles. The van der Waals surface area contributed by atoms with Crippen molar-refractivity contribution in [3.63, 3.8) is 0 Å². The molecule has 0 bridgehead atoms. The van der Waals surface area contributed by atoms with Gasteiger partial charge in [0.25, 0.3) is 5.91 Å². The summed E-state index contributed by atoms with van der Waals surface area (Å²) in [6, 6.07) is 15.2. The first kappa shape index (κ1) is 22.1. The Morgan fingerprint density at radius 2 is 1.66 bits per heavy atom. The summed E-state index contributed by atoms with van der Waals surface area (Å²) >= 11 is 1.55. The number of benzene rings is 2. The summed E-state index contributed by atoms with van der Waals surface area (Å²) in [5.41, 5.74) is 4.50. The fourth-order valence-corrected chi connectivity index (χ4v) is 5.30. The van der Waals surface area contributed by atoms with Crippen molar-refractivity contribution in [2.24, 2.45) is 0 Å². The van der Waals surface area contributed by atoms with Crippen molar-refractivity contribution >= 4 is 33.8 Å². The number of methoxy groups -OCH3 is 1. The summed E-state index contributed by atoms with van der Waals surface area (Å²) in [5, 5.41) is 6.70. The lowest BCUT2D eigenvalue weighted by Crippen LogP contribution is -2.19. The van der Waals surface area contributed by atoms with E-state index in [2.05, 4.69) is 10.6 Å². The molecule has 1 aromatic heterocycles. The molecule has 1 heterocycles. The first-order valence-corrected chi connectivity index (χ1v) is 11.8. The smallest absolute Gasteiger partial charge is 0.258 e. The van der Waals surface area contributed by atoms with Gasteiger partial charge in [-0.15, -0.1) is 11.3 Å². The van der Waals surface area contributed by atoms with Gasteiger partial charge >= 0.3 is 0 Å². The summed E-state index contributed by atoms with van der Waals surface area (Å²) in [4.78, 5) is 27.3. The number of rotatable bonds is 6. The maximum atomic E-state index is 13.3. The summed E-state index contributed by atoms with van der Waals surface area (Å²) in [6.45, 7) is 2.01. The molecule has 3 aromatic rings. The molecule has 166 valence electrons. The maximum absolute atomic E-state index is 13.3. The molecule has 0 spiro atoms. The highest BCUT2D eigenvalue weighted by Gasteiger charge is 2.26. The third-order valence-electron chi connectivity index (χ3n) is 5.73. The van der Waals surface area contributed by atoms with Gasteiger partial charge in [0.1, 0.15) is 10.8 Å².